The second-order valence-electron chi connectivity index (χ2n) is 6.61. The van der Waals surface area contributed by atoms with E-state index in [2.05, 4.69) is 15.2 Å². The molecule has 2 aromatic rings. The van der Waals surface area contributed by atoms with Crippen LogP contribution >= 0.6 is 23.5 Å². The van der Waals surface area contributed by atoms with Gasteiger partial charge in [0.15, 0.2) is 0 Å². The minimum atomic E-state index is -2.93. The molecule has 1 fully saturated rings. The summed E-state index contributed by atoms with van der Waals surface area (Å²) in [6, 6.07) is 6.42. The number of hydrogen-bond acceptors (Lipinski definition) is 5. The Morgan fingerprint density at radius 3 is 2.75 bits per heavy atom. The first-order valence-corrected chi connectivity index (χ1v) is 11.1. The minimum absolute atomic E-state index is 0.0262. The normalized spacial score (nSPS) is 20.5. The number of hydrogen-bond donors (Lipinski definition) is 2. The van der Waals surface area contributed by atoms with Crippen LogP contribution in [-0.2, 0) is 4.79 Å². The predicted octanol–water partition coefficient (Wildman–Crippen LogP) is 3.62. The topological polar surface area (TPSA) is 76.1 Å². The highest BCUT2D eigenvalue weighted by Gasteiger charge is 2.32. The molecule has 1 aromatic heterocycles. The van der Waals surface area contributed by atoms with Crippen LogP contribution < -0.4 is 15.6 Å². The average molecular weight is 427 g/mol. The molecule has 1 saturated heterocycles. The van der Waals surface area contributed by atoms with Crippen LogP contribution in [0.4, 0.5) is 14.6 Å². The van der Waals surface area contributed by atoms with E-state index >= 15 is 0 Å². The van der Waals surface area contributed by atoms with Gasteiger partial charge in [0.05, 0.1) is 22.6 Å². The van der Waals surface area contributed by atoms with Crippen molar-refractivity contribution in [1.29, 1.82) is 0 Å². The number of nitrogens with zero attached hydrogens (tertiary/aromatic N) is 1. The van der Waals surface area contributed by atoms with Gasteiger partial charge in [0.2, 0.25) is 5.91 Å². The molecule has 4 rings (SSSR count). The van der Waals surface area contributed by atoms with Gasteiger partial charge >= 0.3 is 6.61 Å². The molecule has 2 N–H and O–H groups in total. The number of nitrogens with one attached hydrogen (secondary N) is 2. The highest BCUT2D eigenvalue weighted by atomic mass is 32.2. The van der Waals surface area contributed by atoms with E-state index < -0.39 is 11.9 Å². The second kappa shape index (κ2) is 8.20. The van der Waals surface area contributed by atoms with Crippen molar-refractivity contribution < 1.29 is 18.3 Å². The molecule has 0 radical (unpaired) electrons. The van der Waals surface area contributed by atoms with Gasteiger partial charge < -0.3 is 10.1 Å². The van der Waals surface area contributed by atoms with Gasteiger partial charge in [-0.25, -0.2) is 0 Å². The van der Waals surface area contributed by atoms with E-state index in [-0.39, 0.29) is 29.0 Å². The van der Waals surface area contributed by atoms with Gasteiger partial charge in [-0.3, -0.25) is 19.4 Å². The number of aromatic nitrogens is 2. The lowest BCUT2D eigenvalue weighted by molar-refractivity contribution is -0.113. The molecular formula is C18H19F2N3O3S2. The molecule has 1 unspecified atom stereocenters. The Morgan fingerprint density at radius 2 is 2.00 bits per heavy atom. The summed E-state index contributed by atoms with van der Waals surface area (Å²) in [6.45, 7) is -2.93. The van der Waals surface area contributed by atoms with Crippen molar-refractivity contribution in [3.05, 3.63) is 45.7 Å². The van der Waals surface area contributed by atoms with Gasteiger partial charge in [-0.2, -0.15) is 20.5 Å². The number of carbonyl (C=O) groups is 1. The number of halogens is 2. The van der Waals surface area contributed by atoms with Crippen LogP contribution in [0.3, 0.4) is 0 Å². The molecule has 0 saturated carbocycles. The number of anilines is 1. The molecule has 3 heterocycles. The molecule has 1 amide bonds. The van der Waals surface area contributed by atoms with Crippen molar-refractivity contribution >= 4 is 35.2 Å². The van der Waals surface area contributed by atoms with Crippen LogP contribution in [0.15, 0.2) is 29.1 Å². The number of aromatic amines is 1. The Morgan fingerprint density at radius 1 is 1.21 bits per heavy atom. The van der Waals surface area contributed by atoms with Crippen LogP contribution in [0.1, 0.15) is 35.3 Å². The molecule has 0 spiro atoms. The number of fused-ring (bicyclic) bond motifs is 1. The number of thioether (sulfide) groups is 2. The number of alkyl halides is 2. The summed E-state index contributed by atoms with van der Waals surface area (Å²) in [5.41, 5.74) is 0.819. The molecule has 1 atom stereocenters. The maximum atomic E-state index is 12.8. The molecule has 6 nitrogen and oxygen atoms in total. The largest absolute Gasteiger partial charge is 0.435 e. The van der Waals surface area contributed by atoms with Crippen LogP contribution in [0, 0.1) is 0 Å². The minimum Gasteiger partial charge on any atom is -0.435 e. The third-order valence-electron chi connectivity index (χ3n) is 4.81. The van der Waals surface area contributed by atoms with Gasteiger partial charge in [0, 0.05) is 0 Å². The van der Waals surface area contributed by atoms with Gasteiger partial charge in [-0.1, -0.05) is 12.1 Å². The molecule has 28 heavy (non-hydrogen) atoms. The molecule has 1 aromatic carbocycles. The van der Waals surface area contributed by atoms with Crippen LogP contribution in [-0.4, -0.2) is 39.6 Å². The van der Waals surface area contributed by atoms with Crippen molar-refractivity contribution in [3.8, 4) is 5.75 Å². The van der Waals surface area contributed by atoms with Crippen molar-refractivity contribution in [1.82, 2.24) is 9.78 Å². The fourth-order valence-electron chi connectivity index (χ4n) is 3.58. The molecule has 150 valence electrons. The molecule has 0 bridgehead atoms. The third-order valence-corrected chi connectivity index (χ3v) is 7.12. The summed E-state index contributed by atoms with van der Waals surface area (Å²) in [7, 11) is 0. The summed E-state index contributed by atoms with van der Waals surface area (Å²) < 4.78 is 31.4. The number of ether oxygens (including phenoxy) is 1. The van der Waals surface area contributed by atoms with Crippen molar-refractivity contribution in [3.63, 3.8) is 0 Å². The monoisotopic (exact) mass is 427 g/mol. The maximum Gasteiger partial charge on any atom is 0.387 e. The summed E-state index contributed by atoms with van der Waals surface area (Å²) in [5.74, 6) is 2.49. The molecule has 2 aliphatic rings. The quantitative estimate of drug-likeness (QED) is 0.780. The van der Waals surface area contributed by atoms with E-state index in [0.29, 0.717) is 16.9 Å². The zero-order valence-electron chi connectivity index (χ0n) is 14.8. The van der Waals surface area contributed by atoms with Crippen LogP contribution in [0.2, 0.25) is 0 Å². The van der Waals surface area contributed by atoms with E-state index in [4.69, 9.17) is 0 Å². The van der Waals surface area contributed by atoms with E-state index in [1.165, 1.54) is 23.9 Å². The molecule has 2 aliphatic heterocycles. The summed E-state index contributed by atoms with van der Waals surface area (Å²) in [6.07, 6.45) is 1.82. The third kappa shape index (κ3) is 3.93. The number of amides is 1. The number of benzene rings is 1. The smallest absolute Gasteiger partial charge is 0.387 e. The van der Waals surface area contributed by atoms with Gasteiger partial charge in [-0.15, -0.1) is 11.8 Å². The molecular weight excluding hydrogens is 408 g/mol. The Balaban J connectivity index is 1.76. The zero-order chi connectivity index (χ0) is 19.7. The second-order valence-corrected chi connectivity index (χ2v) is 8.93. The SMILES string of the molecule is O=C1CSC(c2cccc(OC(F)F)c2)c2c(n(C3CCSCC3)[nH]c2=O)N1. The maximum absolute atomic E-state index is 12.8. The molecule has 0 aliphatic carbocycles. The zero-order valence-corrected chi connectivity index (χ0v) is 16.5. The standard InChI is InChI=1S/C18H19F2N3O3S2/c19-18(20)26-12-3-1-2-10(8-12)15-14-16(21-13(24)9-28-15)23(22-17(14)25)11-4-6-27-7-5-11/h1-3,8,11,15,18H,4-7,9H2,(H,21,24)(H,22,25). The van der Waals surface area contributed by atoms with E-state index in [0.717, 1.165) is 24.3 Å². The van der Waals surface area contributed by atoms with Gasteiger partial charge in [0.1, 0.15) is 11.6 Å². The summed E-state index contributed by atoms with van der Waals surface area (Å²) in [5, 5.41) is 5.30. The van der Waals surface area contributed by atoms with E-state index in [1.807, 2.05) is 11.8 Å². The predicted molar refractivity (Wildman–Crippen MR) is 107 cm³/mol. The summed E-state index contributed by atoms with van der Waals surface area (Å²) in [4.78, 5) is 25.1. The van der Waals surface area contributed by atoms with Crippen molar-refractivity contribution in [2.75, 3.05) is 22.6 Å². The summed E-state index contributed by atoms with van der Waals surface area (Å²) >= 11 is 3.17. The van der Waals surface area contributed by atoms with Crippen LogP contribution in [0.5, 0.6) is 5.75 Å². The van der Waals surface area contributed by atoms with E-state index in [1.54, 1.807) is 16.8 Å². The lowest BCUT2D eigenvalue weighted by atomic mass is 10.1. The van der Waals surface area contributed by atoms with Gasteiger partial charge in [0.25, 0.3) is 5.56 Å². The Kier molecular flexibility index (Phi) is 5.68. The van der Waals surface area contributed by atoms with Gasteiger partial charge in [-0.05, 0) is 42.0 Å². The fourth-order valence-corrected chi connectivity index (χ4v) is 5.77. The Bertz CT molecular complexity index is 925. The highest BCUT2D eigenvalue weighted by Crippen LogP contribution is 2.42. The number of carbonyl (C=O) groups excluding carboxylic acids is 1. The molecule has 10 heteroatoms. The van der Waals surface area contributed by atoms with E-state index in [9.17, 15) is 18.4 Å². The Hall–Kier alpha value is -1.94. The average Bonchev–Trinajstić information content (AvgIpc) is 2.88. The highest BCUT2D eigenvalue weighted by molar-refractivity contribution is 8.00. The fraction of sp³-hybridized carbons (Fsp3) is 0.444. The first-order chi connectivity index (χ1) is 13.5. The van der Waals surface area contributed by atoms with Crippen molar-refractivity contribution in [2.45, 2.75) is 30.7 Å². The number of rotatable bonds is 4. The first-order valence-electron chi connectivity index (χ1n) is 8.91. The Labute approximate surface area is 168 Å². The van der Waals surface area contributed by atoms with Crippen molar-refractivity contribution in [2.24, 2.45) is 0 Å². The first kappa shape index (κ1) is 19.4. The lowest BCUT2D eigenvalue weighted by Crippen LogP contribution is -2.22. The number of H-pyrrole nitrogens is 1. The van der Waals surface area contributed by atoms with Crippen LogP contribution in [0.25, 0.3) is 0 Å². The lowest BCUT2D eigenvalue weighted by Gasteiger charge is -2.24.